The molecule has 0 radical (unpaired) electrons. The minimum Gasteiger partial charge on any atom is -0.493 e. The molecule has 1 N–H and O–H groups in total. The van der Waals surface area contributed by atoms with Gasteiger partial charge in [-0.05, 0) is 40.2 Å². The van der Waals surface area contributed by atoms with Crippen molar-refractivity contribution in [3.05, 3.63) is 58.6 Å². The molecule has 2 rings (SSSR count). The minimum atomic E-state index is -0.579. The van der Waals surface area contributed by atoms with Crippen LogP contribution in [0.15, 0.2) is 53.0 Å². The molecule has 0 aromatic heterocycles. The van der Waals surface area contributed by atoms with Gasteiger partial charge in [0.15, 0.2) is 11.5 Å². The first-order valence-electron chi connectivity index (χ1n) is 6.48. The van der Waals surface area contributed by atoms with Crippen molar-refractivity contribution in [3.63, 3.8) is 0 Å². The van der Waals surface area contributed by atoms with Crippen molar-refractivity contribution in [2.75, 3.05) is 13.7 Å². The quantitative estimate of drug-likeness (QED) is 0.655. The van der Waals surface area contributed by atoms with Crippen LogP contribution in [0.2, 0.25) is 0 Å². The maximum Gasteiger partial charge on any atom is 0.330 e. The third kappa shape index (κ3) is 4.08. The monoisotopic (exact) mass is 363 g/mol. The molecule has 0 atom stereocenters. The van der Waals surface area contributed by atoms with Gasteiger partial charge in [0.05, 0.1) is 12.7 Å². The summed E-state index contributed by atoms with van der Waals surface area (Å²) in [7, 11) is 1.49. The molecule has 114 valence electrons. The van der Waals surface area contributed by atoms with Gasteiger partial charge in [0.25, 0.3) is 5.91 Å². The third-order valence-corrected chi connectivity index (χ3v) is 3.50. The zero-order valence-corrected chi connectivity index (χ0v) is 13.4. The lowest BCUT2D eigenvalue weighted by Crippen LogP contribution is -2.32. The topological polar surface area (TPSA) is 64.6 Å². The highest BCUT2D eigenvalue weighted by molar-refractivity contribution is 9.10. The number of amides is 1. The number of carbonyl (C=O) groups is 2. The van der Waals surface area contributed by atoms with Crippen LogP contribution < -0.4 is 14.8 Å². The number of nitrogens with one attached hydrogen (secondary N) is 1. The number of methoxy groups -OCH3 is 1. The van der Waals surface area contributed by atoms with Gasteiger partial charge in [0, 0.05) is 4.47 Å². The van der Waals surface area contributed by atoms with Gasteiger partial charge in [-0.15, -0.1) is 0 Å². The maximum atomic E-state index is 12.0. The van der Waals surface area contributed by atoms with Crippen LogP contribution in [0.4, 0.5) is 0 Å². The van der Waals surface area contributed by atoms with E-state index in [0.717, 1.165) is 0 Å². The fourth-order valence-electron chi connectivity index (χ4n) is 1.75. The van der Waals surface area contributed by atoms with Crippen LogP contribution in [0.25, 0.3) is 0 Å². The lowest BCUT2D eigenvalue weighted by molar-refractivity contribution is -0.133. The number of benzene rings is 2. The first-order chi connectivity index (χ1) is 10.6. The Morgan fingerprint density at radius 3 is 2.36 bits per heavy atom. The molecular weight excluding hydrogens is 350 g/mol. The molecule has 1 amide bonds. The highest BCUT2D eigenvalue weighted by atomic mass is 79.9. The van der Waals surface area contributed by atoms with Gasteiger partial charge < -0.3 is 14.8 Å². The Balaban J connectivity index is 1.93. The standard InChI is InChI=1S/C16H14BrNO4/c1-21-13-8-4-5-9-14(13)22-15(19)10-18-16(20)11-6-2-3-7-12(11)17/h2-9H,10H2,1H3,(H,18,20). The van der Waals surface area contributed by atoms with E-state index in [0.29, 0.717) is 21.5 Å². The molecule has 22 heavy (non-hydrogen) atoms. The van der Waals surface area contributed by atoms with Crippen molar-refractivity contribution >= 4 is 27.8 Å². The molecule has 0 aliphatic heterocycles. The van der Waals surface area contributed by atoms with Crippen molar-refractivity contribution in [1.29, 1.82) is 0 Å². The first kappa shape index (κ1) is 16.0. The highest BCUT2D eigenvalue weighted by Crippen LogP contribution is 2.25. The normalized spacial score (nSPS) is 9.91. The Kier molecular flexibility index (Phi) is 5.55. The zero-order valence-electron chi connectivity index (χ0n) is 11.8. The fourth-order valence-corrected chi connectivity index (χ4v) is 2.22. The molecule has 0 saturated carbocycles. The van der Waals surface area contributed by atoms with Crippen LogP contribution in [-0.2, 0) is 4.79 Å². The number of carbonyl (C=O) groups excluding carboxylic acids is 2. The molecule has 0 bridgehead atoms. The second-order valence-corrected chi connectivity index (χ2v) is 5.14. The third-order valence-electron chi connectivity index (χ3n) is 2.80. The van der Waals surface area contributed by atoms with E-state index < -0.39 is 5.97 Å². The summed E-state index contributed by atoms with van der Waals surface area (Å²) in [6.45, 7) is -0.238. The average molecular weight is 364 g/mol. The Hall–Kier alpha value is -2.34. The van der Waals surface area contributed by atoms with Gasteiger partial charge >= 0.3 is 5.97 Å². The Morgan fingerprint density at radius 1 is 1.05 bits per heavy atom. The smallest absolute Gasteiger partial charge is 0.330 e. The van der Waals surface area contributed by atoms with E-state index >= 15 is 0 Å². The van der Waals surface area contributed by atoms with Gasteiger partial charge in [-0.1, -0.05) is 24.3 Å². The van der Waals surface area contributed by atoms with Crippen molar-refractivity contribution in [1.82, 2.24) is 5.32 Å². The SMILES string of the molecule is COc1ccccc1OC(=O)CNC(=O)c1ccccc1Br. The number of hydrogen-bond donors (Lipinski definition) is 1. The predicted molar refractivity (Wildman–Crippen MR) is 85.1 cm³/mol. The van der Waals surface area contributed by atoms with Crippen LogP contribution in [0.3, 0.4) is 0 Å². The summed E-state index contributed by atoms with van der Waals surface area (Å²) in [5, 5.41) is 2.51. The molecule has 0 aliphatic rings. The summed E-state index contributed by atoms with van der Waals surface area (Å²) in [5.41, 5.74) is 0.451. The summed E-state index contributed by atoms with van der Waals surface area (Å²) < 4.78 is 10.9. The summed E-state index contributed by atoms with van der Waals surface area (Å²) in [6, 6.07) is 13.8. The molecule has 0 unspecified atom stereocenters. The van der Waals surface area contributed by atoms with Crippen LogP contribution in [0.5, 0.6) is 11.5 Å². The lowest BCUT2D eigenvalue weighted by Gasteiger charge is -2.09. The van der Waals surface area contributed by atoms with Crippen molar-refractivity contribution in [2.45, 2.75) is 0 Å². The Morgan fingerprint density at radius 2 is 1.68 bits per heavy atom. The van der Waals surface area contributed by atoms with E-state index in [9.17, 15) is 9.59 Å². The molecule has 2 aromatic carbocycles. The highest BCUT2D eigenvalue weighted by Gasteiger charge is 2.13. The molecule has 0 heterocycles. The van der Waals surface area contributed by atoms with Crippen LogP contribution >= 0.6 is 15.9 Å². The number of esters is 1. The summed E-state index contributed by atoms with van der Waals surface area (Å²) in [4.78, 5) is 23.8. The van der Waals surface area contributed by atoms with Crippen molar-refractivity contribution in [3.8, 4) is 11.5 Å². The van der Waals surface area contributed by atoms with Gasteiger partial charge in [-0.3, -0.25) is 4.79 Å². The second kappa shape index (κ2) is 7.61. The zero-order chi connectivity index (χ0) is 15.9. The van der Waals surface area contributed by atoms with Crippen molar-refractivity contribution in [2.24, 2.45) is 0 Å². The summed E-state index contributed by atoms with van der Waals surface area (Å²) in [6.07, 6.45) is 0. The van der Waals surface area contributed by atoms with E-state index in [1.165, 1.54) is 7.11 Å². The van der Waals surface area contributed by atoms with Gasteiger partial charge in [0.1, 0.15) is 6.54 Å². The number of halogens is 1. The largest absolute Gasteiger partial charge is 0.493 e. The molecular formula is C16H14BrNO4. The molecule has 2 aromatic rings. The number of rotatable bonds is 5. The number of hydrogen-bond acceptors (Lipinski definition) is 4. The Labute approximate surface area is 136 Å². The fraction of sp³-hybridized carbons (Fsp3) is 0.125. The van der Waals surface area contributed by atoms with Crippen LogP contribution in [0, 0.1) is 0 Å². The van der Waals surface area contributed by atoms with E-state index in [2.05, 4.69) is 21.2 Å². The van der Waals surface area contributed by atoms with Crippen LogP contribution in [-0.4, -0.2) is 25.5 Å². The second-order valence-electron chi connectivity index (χ2n) is 4.29. The first-order valence-corrected chi connectivity index (χ1v) is 7.27. The molecule has 0 aliphatic carbocycles. The van der Waals surface area contributed by atoms with Gasteiger partial charge in [-0.2, -0.15) is 0 Å². The predicted octanol–water partition coefficient (Wildman–Crippen LogP) is 2.79. The Bertz CT molecular complexity index is 687. The van der Waals surface area contributed by atoms with E-state index in [4.69, 9.17) is 9.47 Å². The minimum absolute atomic E-state index is 0.238. The summed E-state index contributed by atoms with van der Waals surface area (Å²) in [5.74, 6) is -0.174. The number of para-hydroxylation sites is 2. The van der Waals surface area contributed by atoms with Crippen LogP contribution in [0.1, 0.15) is 10.4 Å². The molecule has 5 nitrogen and oxygen atoms in total. The molecule has 0 spiro atoms. The molecule has 0 saturated heterocycles. The molecule has 6 heteroatoms. The average Bonchev–Trinajstić information content (AvgIpc) is 2.53. The lowest BCUT2D eigenvalue weighted by atomic mass is 10.2. The number of ether oxygens (including phenoxy) is 2. The van der Waals surface area contributed by atoms with Crippen molar-refractivity contribution < 1.29 is 19.1 Å². The van der Waals surface area contributed by atoms with E-state index in [1.807, 2.05) is 0 Å². The van der Waals surface area contributed by atoms with Gasteiger partial charge in [-0.25, -0.2) is 4.79 Å². The molecule has 0 fully saturated rings. The van der Waals surface area contributed by atoms with Gasteiger partial charge in [0.2, 0.25) is 0 Å². The summed E-state index contributed by atoms with van der Waals surface area (Å²) >= 11 is 3.28. The van der Waals surface area contributed by atoms with E-state index in [-0.39, 0.29) is 12.5 Å². The maximum absolute atomic E-state index is 12.0. The van der Waals surface area contributed by atoms with E-state index in [1.54, 1.807) is 48.5 Å².